The second-order valence-corrected chi connectivity index (χ2v) is 6.73. The van der Waals surface area contributed by atoms with Crippen LogP contribution >= 0.6 is 0 Å². The molecule has 0 unspecified atom stereocenters. The summed E-state index contributed by atoms with van der Waals surface area (Å²) < 4.78 is 40.3. The third-order valence-electron chi connectivity index (χ3n) is 3.34. The van der Waals surface area contributed by atoms with Gasteiger partial charge >= 0.3 is 0 Å². The van der Waals surface area contributed by atoms with E-state index in [2.05, 4.69) is 10.0 Å². The summed E-state index contributed by atoms with van der Waals surface area (Å²) in [6.45, 7) is 3.88. The van der Waals surface area contributed by atoms with E-state index >= 15 is 0 Å². The van der Waals surface area contributed by atoms with E-state index < -0.39 is 15.8 Å². The number of halogens is 1. The Kier molecular flexibility index (Phi) is 4.54. The van der Waals surface area contributed by atoms with Gasteiger partial charge in [0.25, 0.3) is 0 Å². The summed E-state index contributed by atoms with van der Waals surface area (Å²) in [7, 11) is -3.77. The van der Waals surface area contributed by atoms with Crippen molar-refractivity contribution in [2.75, 3.05) is 19.6 Å². The molecule has 1 fully saturated rings. The largest absolute Gasteiger partial charge is 0.316 e. The van der Waals surface area contributed by atoms with Crippen LogP contribution in [0.1, 0.15) is 18.4 Å². The standard InChI is InChI=1S/C13H19FN2O2S/c1-10-4-5-12(14)13(7-10)19(17,18)16-9-11-3-2-6-15-8-11/h4-5,7,11,15-16H,2-3,6,8-9H2,1H3/t11-/m0/s1. The van der Waals surface area contributed by atoms with Gasteiger partial charge in [0.1, 0.15) is 10.7 Å². The number of piperidine rings is 1. The van der Waals surface area contributed by atoms with Gasteiger partial charge in [-0.3, -0.25) is 0 Å². The molecule has 0 radical (unpaired) electrons. The first-order valence-electron chi connectivity index (χ1n) is 6.45. The van der Waals surface area contributed by atoms with E-state index in [0.717, 1.165) is 31.5 Å². The second kappa shape index (κ2) is 5.98. The summed E-state index contributed by atoms with van der Waals surface area (Å²) in [6.07, 6.45) is 2.04. The minimum Gasteiger partial charge on any atom is -0.316 e. The maximum absolute atomic E-state index is 13.6. The van der Waals surface area contributed by atoms with Crippen LogP contribution in [0.3, 0.4) is 0 Å². The molecule has 106 valence electrons. The van der Waals surface area contributed by atoms with Crippen LogP contribution in [0.4, 0.5) is 4.39 Å². The summed E-state index contributed by atoms with van der Waals surface area (Å²) in [4.78, 5) is -0.267. The zero-order chi connectivity index (χ0) is 13.9. The molecular weight excluding hydrogens is 267 g/mol. The fourth-order valence-corrected chi connectivity index (χ4v) is 3.50. The lowest BCUT2D eigenvalue weighted by atomic mass is 10.0. The average Bonchev–Trinajstić information content (AvgIpc) is 2.40. The number of rotatable bonds is 4. The molecule has 1 aromatic carbocycles. The van der Waals surface area contributed by atoms with Crippen LogP contribution in [0.15, 0.2) is 23.1 Å². The molecule has 1 aromatic rings. The molecule has 6 heteroatoms. The Hall–Kier alpha value is -0.980. The smallest absolute Gasteiger partial charge is 0.243 e. The zero-order valence-electron chi connectivity index (χ0n) is 10.9. The van der Waals surface area contributed by atoms with Crippen LogP contribution in [0.5, 0.6) is 0 Å². The molecule has 0 aromatic heterocycles. The Balaban J connectivity index is 2.07. The molecular formula is C13H19FN2O2S. The summed E-state index contributed by atoms with van der Waals surface area (Å²) in [6, 6.07) is 4.10. The van der Waals surface area contributed by atoms with Gasteiger partial charge in [-0.15, -0.1) is 0 Å². The highest BCUT2D eigenvalue weighted by molar-refractivity contribution is 7.89. The molecule has 1 atom stereocenters. The molecule has 1 heterocycles. The van der Waals surface area contributed by atoms with Crippen molar-refractivity contribution in [2.24, 2.45) is 5.92 Å². The summed E-state index contributed by atoms with van der Waals surface area (Å²) in [5.41, 5.74) is 0.723. The number of sulfonamides is 1. The quantitative estimate of drug-likeness (QED) is 0.880. The van der Waals surface area contributed by atoms with Crippen molar-refractivity contribution >= 4 is 10.0 Å². The fraction of sp³-hybridized carbons (Fsp3) is 0.538. The minimum absolute atomic E-state index is 0.267. The van der Waals surface area contributed by atoms with Gasteiger partial charge in [0.15, 0.2) is 0 Å². The zero-order valence-corrected chi connectivity index (χ0v) is 11.8. The lowest BCUT2D eigenvalue weighted by Crippen LogP contribution is -2.38. The van der Waals surface area contributed by atoms with Crippen molar-refractivity contribution in [1.29, 1.82) is 0 Å². The van der Waals surface area contributed by atoms with E-state index in [1.54, 1.807) is 13.0 Å². The maximum atomic E-state index is 13.6. The van der Waals surface area contributed by atoms with Crippen LogP contribution in [0, 0.1) is 18.7 Å². The Morgan fingerprint density at radius 3 is 2.95 bits per heavy atom. The lowest BCUT2D eigenvalue weighted by Gasteiger charge is -2.22. The van der Waals surface area contributed by atoms with Crippen LogP contribution in [-0.4, -0.2) is 28.1 Å². The molecule has 2 N–H and O–H groups in total. The van der Waals surface area contributed by atoms with E-state index in [1.165, 1.54) is 12.1 Å². The highest BCUT2D eigenvalue weighted by Gasteiger charge is 2.21. The first kappa shape index (κ1) is 14.4. The van der Waals surface area contributed by atoms with E-state index in [4.69, 9.17) is 0 Å². The van der Waals surface area contributed by atoms with Gasteiger partial charge < -0.3 is 5.32 Å². The summed E-state index contributed by atoms with van der Waals surface area (Å²) in [5.74, 6) is -0.434. The van der Waals surface area contributed by atoms with Gasteiger partial charge in [0.05, 0.1) is 0 Å². The molecule has 1 aliphatic rings. The SMILES string of the molecule is Cc1ccc(F)c(S(=O)(=O)NC[C@H]2CCCNC2)c1. The van der Waals surface area contributed by atoms with Crippen molar-refractivity contribution in [2.45, 2.75) is 24.7 Å². The maximum Gasteiger partial charge on any atom is 0.243 e. The first-order valence-corrected chi connectivity index (χ1v) is 7.94. The van der Waals surface area contributed by atoms with Crippen LogP contribution < -0.4 is 10.0 Å². The molecule has 2 rings (SSSR count). The number of nitrogens with one attached hydrogen (secondary N) is 2. The topological polar surface area (TPSA) is 58.2 Å². The van der Waals surface area contributed by atoms with Crippen molar-refractivity contribution in [3.05, 3.63) is 29.6 Å². The monoisotopic (exact) mass is 286 g/mol. The predicted molar refractivity (Wildman–Crippen MR) is 71.9 cm³/mol. The number of benzene rings is 1. The Bertz CT molecular complexity index is 540. The van der Waals surface area contributed by atoms with Gasteiger partial charge in [-0.25, -0.2) is 17.5 Å². The number of aryl methyl sites for hydroxylation is 1. The third-order valence-corrected chi connectivity index (χ3v) is 4.78. The minimum atomic E-state index is -3.77. The molecule has 0 amide bonds. The molecule has 1 saturated heterocycles. The Labute approximate surface area is 113 Å². The summed E-state index contributed by atoms with van der Waals surface area (Å²) in [5, 5.41) is 3.22. The average molecular weight is 286 g/mol. The van der Waals surface area contributed by atoms with Crippen LogP contribution in [0.2, 0.25) is 0 Å². The molecule has 0 spiro atoms. The molecule has 1 aliphatic heterocycles. The van der Waals surface area contributed by atoms with Crippen molar-refractivity contribution in [3.8, 4) is 0 Å². The van der Waals surface area contributed by atoms with Gasteiger partial charge in [0, 0.05) is 6.54 Å². The fourth-order valence-electron chi connectivity index (χ4n) is 2.22. The van der Waals surface area contributed by atoms with Crippen molar-refractivity contribution < 1.29 is 12.8 Å². The van der Waals surface area contributed by atoms with Crippen molar-refractivity contribution in [3.63, 3.8) is 0 Å². The highest BCUT2D eigenvalue weighted by atomic mass is 32.2. The van der Waals surface area contributed by atoms with Gasteiger partial charge in [-0.05, 0) is 56.5 Å². The van der Waals surface area contributed by atoms with Crippen LogP contribution in [-0.2, 0) is 10.0 Å². The molecule has 0 bridgehead atoms. The summed E-state index contributed by atoms with van der Waals surface area (Å²) >= 11 is 0. The number of hydrogen-bond donors (Lipinski definition) is 2. The first-order chi connectivity index (χ1) is 8.99. The molecule has 19 heavy (non-hydrogen) atoms. The molecule has 0 aliphatic carbocycles. The lowest BCUT2D eigenvalue weighted by molar-refractivity contribution is 0.375. The van der Waals surface area contributed by atoms with Gasteiger partial charge in [-0.2, -0.15) is 0 Å². The van der Waals surface area contributed by atoms with E-state index in [-0.39, 0.29) is 10.8 Å². The number of hydrogen-bond acceptors (Lipinski definition) is 3. The van der Waals surface area contributed by atoms with E-state index in [9.17, 15) is 12.8 Å². The Morgan fingerprint density at radius 1 is 1.47 bits per heavy atom. The normalized spacial score (nSPS) is 20.4. The highest BCUT2D eigenvalue weighted by Crippen LogP contribution is 2.17. The Morgan fingerprint density at radius 2 is 2.26 bits per heavy atom. The van der Waals surface area contributed by atoms with E-state index in [0.29, 0.717) is 6.54 Å². The van der Waals surface area contributed by atoms with Gasteiger partial charge in [-0.1, -0.05) is 6.07 Å². The molecule has 4 nitrogen and oxygen atoms in total. The second-order valence-electron chi connectivity index (χ2n) is 5.00. The molecule has 0 saturated carbocycles. The van der Waals surface area contributed by atoms with E-state index in [1.807, 2.05) is 0 Å². The van der Waals surface area contributed by atoms with Gasteiger partial charge in [0.2, 0.25) is 10.0 Å². The van der Waals surface area contributed by atoms with Crippen molar-refractivity contribution in [1.82, 2.24) is 10.0 Å². The predicted octanol–water partition coefficient (Wildman–Crippen LogP) is 1.41. The van der Waals surface area contributed by atoms with Crippen LogP contribution in [0.25, 0.3) is 0 Å². The third kappa shape index (κ3) is 3.75.